The van der Waals surface area contributed by atoms with Gasteiger partial charge in [-0.05, 0) is 73.7 Å². The molecule has 0 radical (unpaired) electrons. The van der Waals surface area contributed by atoms with Crippen LogP contribution in [0, 0.1) is 28.6 Å². The van der Waals surface area contributed by atoms with Gasteiger partial charge in [-0.25, -0.2) is 0 Å². The molecule has 0 aromatic heterocycles. The molecule has 0 amide bonds. The zero-order valence-corrected chi connectivity index (χ0v) is 14.2. The molecule has 20 heavy (non-hydrogen) atoms. The molecule has 0 aliphatic heterocycles. The lowest BCUT2D eigenvalue weighted by atomic mass is 9.42. The van der Waals surface area contributed by atoms with Gasteiger partial charge in [0.25, 0.3) is 0 Å². The van der Waals surface area contributed by atoms with Crippen LogP contribution in [0.1, 0.15) is 79.1 Å². The fourth-order valence-corrected chi connectivity index (χ4v) is 7.03. The average molecular weight is 277 g/mol. The van der Waals surface area contributed by atoms with Crippen LogP contribution in [0.5, 0.6) is 0 Å². The first-order chi connectivity index (χ1) is 9.54. The number of hydrogen-bond acceptors (Lipinski definition) is 1. The van der Waals surface area contributed by atoms with E-state index in [1.54, 1.807) is 6.42 Å². The summed E-state index contributed by atoms with van der Waals surface area (Å²) in [6.45, 7) is 10.9. The van der Waals surface area contributed by atoms with Crippen LogP contribution in [0.2, 0.25) is 0 Å². The minimum absolute atomic E-state index is 0.644. The zero-order chi connectivity index (χ0) is 14.4. The van der Waals surface area contributed by atoms with E-state index in [1.165, 1.54) is 44.9 Å². The third-order valence-corrected chi connectivity index (χ3v) is 7.00. The Morgan fingerprint density at radius 2 is 1.60 bits per heavy atom. The van der Waals surface area contributed by atoms with Crippen molar-refractivity contribution in [2.24, 2.45) is 28.6 Å². The molecule has 0 aromatic rings. The average Bonchev–Trinajstić information content (AvgIpc) is 2.36. The molecule has 0 spiro atoms. The van der Waals surface area contributed by atoms with Crippen molar-refractivity contribution in [2.75, 3.05) is 6.54 Å². The van der Waals surface area contributed by atoms with E-state index >= 15 is 0 Å². The maximum absolute atomic E-state index is 3.96. The molecule has 1 nitrogen and oxygen atoms in total. The molecule has 0 saturated heterocycles. The van der Waals surface area contributed by atoms with E-state index in [2.05, 4.69) is 33.0 Å². The molecule has 1 N–H and O–H groups in total. The second-order valence-corrected chi connectivity index (χ2v) is 8.75. The molecule has 116 valence electrons. The fraction of sp³-hybridized carbons (Fsp3) is 1.00. The van der Waals surface area contributed by atoms with Gasteiger partial charge >= 0.3 is 0 Å². The molecular weight excluding hydrogens is 242 g/mol. The summed E-state index contributed by atoms with van der Waals surface area (Å²) in [5, 5.41) is 3.96. The minimum atomic E-state index is 0.644. The SMILES string of the molecule is CCNC(C(CC)CC)C12CC3CC(CC(C)(C3)C1)C2. The van der Waals surface area contributed by atoms with Gasteiger partial charge in [-0.15, -0.1) is 0 Å². The molecule has 0 aromatic carbocycles. The third kappa shape index (κ3) is 2.34. The van der Waals surface area contributed by atoms with Crippen molar-refractivity contribution in [1.82, 2.24) is 5.32 Å². The van der Waals surface area contributed by atoms with Crippen molar-refractivity contribution in [1.29, 1.82) is 0 Å². The maximum atomic E-state index is 3.96. The summed E-state index contributed by atoms with van der Waals surface area (Å²) in [6, 6.07) is 0.785. The van der Waals surface area contributed by atoms with E-state index in [4.69, 9.17) is 0 Å². The summed E-state index contributed by atoms with van der Waals surface area (Å²) in [4.78, 5) is 0. The van der Waals surface area contributed by atoms with Crippen molar-refractivity contribution >= 4 is 0 Å². The highest BCUT2D eigenvalue weighted by molar-refractivity contribution is 5.10. The van der Waals surface area contributed by atoms with Gasteiger partial charge in [0.1, 0.15) is 0 Å². The molecular formula is C19H35N. The van der Waals surface area contributed by atoms with Crippen LogP contribution in [0.15, 0.2) is 0 Å². The standard InChI is InChI=1S/C19H35N/c1-5-16(6-2)17(20-7-3)19-11-14-8-15(12-19)10-18(4,9-14)13-19/h14-17,20H,5-13H2,1-4H3. The van der Waals surface area contributed by atoms with Crippen LogP contribution in [-0.4, -0.2) is 12.6 Å². The van der Waals surface area contributed by atoms with E-state index < -0.39 is 0 Å². The van der Waals surface area contributed by atoms with Gasteiger partial charge in [0.2, 0.25) is 0 Å². The minimum Gasteiger partial charge on any atom is -0.313 e. The van der Waals surface area contributed by atoms with Crippen molar-refractivity contribution in [2.45, 2.75) is 85.1 Å². The van der Waals surface area contributed by atoms with E-state index in [0.29, 0.717) is 10.8 Å². The normalized spacial score (nSPS) is 44.2. The molecule has 4 aliphatic carbocycles. The predicted molar refractivity (Wildman–Crippen MR) is 86.8 cm³/mol. The van der Waals surface area contributed by atoms with Crippen molar-refractivity contribution in [3.63, 3.8) is 0 Å². The molecule has 4 bridgehead atoms. The summed E-state index contributed by atoms with van der Waals surface area (Å²) in [5.74, 6) is 2.99. The van der Waals surface area contributed by atoms with Crippen LogP contribution in [0.25, 0.3) is 0 Å². The predicted octanol–water partition coefficient (Wildman–Crippen LogP) is 5.01. The first kappa shape index (κ1) is 14.9. The highest BCUT2D eigenvalue weighted by atomic mass is 14.9. The highest BCUT2D eigenvalue weighted by Gasteiger charge is 2.58. The van der Waals surface area contributed by atoms with E-state index in [-0.39, 0.29) is 0 Å². The van der Waals surface area contributed by atoms with Crippen LogP contribution in [0.4, 0.5) is 0 Å². The van der Waals surface area contributed by atoms with Crippen molar-refractivity contribution in [3.8, 4) is 0 Å². The van der Waals surface area contributed by atoms with Gasteiger partial charge < -0.3 is 5.32 Å². The summed E-state index contributed by atoms with van der Waals surface area (Å²) in [5.41, 5.74) is 1.33. The maximum Gasteiger partial charge on any atom is 0.0152 e. The summed E-state index contributed by atoms with van der Waals surface area (Å²) < 4.78 is 0. The van der Waals surface area contributed by atoms with Crippen LogP contribution in [0.3, 0.4) is 0 Å². The number of rotatable bonds is 6. The molecule has 3 unspecified atom stereocenters. The Hall–Kier alpha value is -0.0400. The Bertz CT molecular complexity index is 330. The molecule has 3 atom stereocenters. The lowest BCUT2D eigenvalue weighted by Crippen LogP contribution is -2.60. The van der Waals surface area contributed by atoms with Crippen LogP contribution in [-0.2, 0) is 0 Å². The molecule has 4 rings (SSSR count). The zero-order valence-electron chi connectivity index (χ0n) is 14.2. The largest absolute Gasteiger partial charge is 0.313 e. The summed E-state index contributed by atoms with van der Waals surface area (Å²) in [6.07, 6.45) is 11.9. The Balaban J connectivity index is 1.89. The van der Waals surface area contributed by atoms with E-state index in [1.807, 2.05) is 0 Å². The second kappa shape index (κ2) is 5.30. The monoisotopic (exact) mass is 277 g/mol. The highest BCUT2D eigenvalue weighted by Crippen LogP contribution is 2.66. The number of hydrogen-bond donors (Lipinski definition) is 1. The summed E-state index contributed by atoms with van der Waals surface area (Å²) in [7, 11) is 0. The van der Waals surface area contributed by atoms with E-state index in [0.717, 1.165) is 30.3 Å². The van der Waals surface area contributed by atoms with Gasteiger partial charge in [-0.3, -0.25) is 0 Å². The Morgan fingerprint density at radius 1 is 1.00 bits per heavy atom. The van der Waals surface area contributed by atoms with Gasteiger partial charge in [0.05, 0.1) is 0 Å². The topological polar surface area (TPSA) is 12.0 Å². The molecule has 4 saturated carbocycles. The molecule has 4 aliphatic rings. The van der Waals surface area contributed by atoms with Crippen LogP contribution >= 0.6 is 0 Å². The second-order valence-electron chi connectivity index (χ2n) is 8.75. The number of nitrogens with one attached hydrogen (secondary N) is 1. The Kier molecular flexibility index (Phi) is 3.95. The molecule has 1 heteroatoms. The third-order valence-electron chi connectivity index (χ3n) is 7.00. The summed E-state index contributed by atoms with van der Waals surface area (Å²) >= 11 is 0. The van der Waals surface area contributed by atoms with Crippen LogP contribution < -0.4 is 5.32 Å². The molecule has 0 heterocycles. The fourth-order valence-electron chi connectivity index (χ4n) is 7.03. The smallest absolute Gasteiger partial charge is 0.0152 e. The first-order valence-corrected chi connectivity index (χ1v) is 9.27. The lowest BCUT2D eigenvalue weighted by Gasteiger charge is -2.64. The van der Waals surface area contributed by atoms with Gasteiger partial charge in [0.15, 0.2) is 0 Å². The van der Waals surface area contributed by atoms with E-state index in [9.17, 15) is 0 Å². The van der Waals surface area contributed by atoms with Gasteiger partial charge in [0, 0.05) is 6.04 Å². The Morgan fingerprint density at radius 3 is 2.05 bits per heavy atom. The van der Waals surface area contributed by atoms with Gasteiger partial charge in [-0.2, -0.15) is 0 Å². The van der Waals surface area contributed by atoms with Gasteiger partial charge in [-0.1, -0.05) is 40.5 Å². The van der Waals surface area contributed by atoms with Crippen molar-refractivity contribution < 1.29 is 0 Å². The Labute approximate surface area is 126 Å². The lowest BCUT2D eigenvalue weighted by molar-refractivity contribution is -0.126. The molecule has 4 fully saturated rings. The first-order valence-electron chi connectivity index (χ1n) is 9.27. The van der Waals surface area contributed by atoms with Crippen molar-refractivity contribution in [3.05, 3.63) is 0 Å². The quantitative estimate of drug-likeness (QED) is 0.720.